The van der Waals surface area contributed by atoms with Crippen LogP contribution < -0.4 is 10.1 Å². The van der Waals surface area contributed by atoms with Crippen LogP contribution in [0.3, 0.4) is 0 Å². The Hall–Kier alpha value is -1.32. The second-order valence-electron chi connectivity index (χ2n) is 4.82. The van der Waals surface area contributed by atoms with Crippen molar-refractivity contribution in [3.8, 4) is 11.5 Å². The van der Waals surface area contributed by atoms with Gasteiger partial charge in [-0.2, -0.15) is 0 Å². The molecule has 0 atom stereocenters. The van der Waals surface area contributed by atoms with Crippen molar-refractivity contribution in [3.05, 3.63) is 58.6 Å². The maximum Gasteiger partial charge on any atom is 0.128 e. The molecule has 98 valence electrons. The van der Waals surface area contributed by atoms with Gasteiger partial charge in [0.05, 0.1) is 0 Å². The van der Waals surface area contributed by atoms with E-state index >= 15 is 0 Å². The topological polar surface area (TPSA) is 21.3 Å². The van der Waals surface area contributed by atoms with Gasteiger partial charge < -0.3 is 10.1 Å². The number of benzene rings is 2. The summed E-state index contributed by atoms with van der Waals surface area (Å²) in [5, 5.41) is 3.51. The van der Waals surface area contributed by atoms with Crippen LogP contribution in [0.2, 0.25) is 0 Å². The molecule has 0 bridgehead atoms. The van der Waals surface area contributed by atoms with Crippen molar-refractivity contribution < 1.29 is 4.74 Å². The first kappa shape index (κ1) is 12.7. The predicted molar refractivity (Wildman–Crippen MR) is 80.5 cm³/mol. The lowest BCUT2D eigenvalue weighted by molar-refractivity contribution is 0.482. The number of hydrogen-bond donors (Lipinski definition) is 1. The minimum atomic E-state index is 0.729. The van der Waals surface area contributed by atoms with Gasteiger partial charge in [0.1, 0.15) is 11.5 Å². The molecule has 0 aromatic heterocycles. The summed E-state index contributed by atoms with van der Waals surface area (Å²) in [5.41, 5.74) is 1.27. The molecule has 2 nitrogen and oxygen atoms in total. The fraction of sp³-hybridized carbons (Fsp3) is 0.250. The summed E-state index contributed by atoms with van der Waals surface area (Å²) in [5.74, 6) is 1.71. The molecule has 1 aliphatic rings. The molecule has 0 spiro atoms. The number of para-hydroxylation sites is 1. The minimum Gasteiger partial charge on any atom is -0.457 e. The third-order valence-corrected chi connectivity index (χ3v) is 3.90. The third-order valence-electron chi connectivity index (χ3n) is 3.16. The fourth-order valence-electron chi connectivity index (χ4n) is 1.90. The Morgan fingerprint density at radius 3 is 2.53 bits per heavy atom. The summed E-state index contributed by atoms with van der Waals surface area (Å²) in [6.45, 7) is 0.914. The number of hydrogen-bond acceptors (Lipinski definition) is 2. The number of halogens is 1. The van der Waals surface area contributed by atoms with E-state index in [9.17, 15) is 0 Å². The average molecular weight is 318 g/mol. The van der Waals surface area contributed by atoms with Gasteiger partial charge in [0.25, 0.3) is 0 Å². The van der Waals surface area contributed by atoms with Gasteiger partial charge in [0.15, 0.2) is 0 Å². The Kier molecular flexibility index (Phi) is 3.85. The van der Waals surface area contributed by atoms with E-state index in [1.54, 1.807) is 0 Å². The highest BCUT2D eigenvalue weighted by atomic mass is 79.9. The standard InChI is InChI=1S/C16H16BrNO/c17-16-10-15(19-14-4-2-1-3-5-14)9-6-12(16)11-18-13-7-8-13/h1-6,9-10,13,18H,7-8,11H2. The van der Waals surface area contributed by atoms with Crippen LogP contribution in [-0.4, -0.2) is 6.04 Å². The first-order valence-electron chi connectivity index (χ1n) is 6.56. The molecular formula is C16H16BrNO. The van der Waals surface area contributed by atoms with Crippen molar-refractivity contribution in [1.82, 2.24) is 5.32 Å². The molecule has 1 N–H and O–H groups in total. The van der Waals surface area contributed by atoms with E-state index in [1.807, 2.05) is 42.5 Å². The summed E-state index contributed by atoms with van der Waals surface area (Å²) in [7, 11) is 0. The van der Waals surface area contributed by atoms with Crippen LogP contribution in [0, 0.1) is 0 Å². The van der Waals surface area contributed by atoms with E-state index < -0.39 is 0 Å². The van der Waals surface area contributed by atoms with Gasteiger partial charge in [-0.3, -0.25) is 0 Å². The van der Waals surface area contributed by atoms with E-state index in [1.165, 1.54) is 18.4 Å². The molecule has 0 saturated heterocycles. The Morgan fingerprint density at radius 1 is 1.05 bits per heavy atom. The molecule has 1 saturated carbocycles. The van der Waals surface area contributed by atoms with Gasteiger partial charge in [0, 0.05) is 17.1 Å². The predicted octanol–water partition coefficient (Wildman–Crippen LogP) is 4.49. The average Bonchev–Trinajstić information content (AvgIpc) is 3.23. The highest BCUT2D eigenvalue weighted by molar-refractivity contribution is 9.10. The van der Waals surface area contributed by atoms with Crippen molar-refractivity contribution in [3.63, 3.8) is 0 Å². The molecule has 3 rings (SSSR count). The summed E-state index contributed by atoms with van der Waals surface area (Å²) >= 11 is 3.61. The molecule has 0 heterocycles. The minimum absolute atomic E-state index is 0.729. The smallest absolute Gasteiger partial charge is 0.128 e. The van der Waals surface area contributed by atoms with Gasteiger partial charge in [0.2, 0.25) is 0 Å². The van der Waals surface area contributed by atoms with E-state index in [0.717, 1.165) is 28.6 Å². The largest absolute Gasteiger partial charge is 0.457 e. The quantitative estimate of drug-likeness (QED) is 0.877. The lowest BCUT2D eigenvalue weighted by Gasteiger charge is -2.09. The Morgan fingerprint density at radius 2 is 1.84 bits per heavy atom. The Bertz CT molecular complexity index is 552. The van der Waals surface area contributed by atoms with E-state index in [2.05, 4.69) is 27.3 Å². The maximum absolute atomic E-state index is 5.80. The molecule has 2 aromatic carbocycles. The third kappa shape index (κ3) is 3.58. The lowest BCUT2D eigenvalue weighted by Crippen LogP contribution is -2.15. The lowest BCUT2D eigenvalue weighted by atomic mass is 10.2. The zero-order valence-electron chi connectivity index (χ0n) is 10.6. The van der Waals surface area contributed by atoms with Crippen LogP contribution in [0.15, 0.2) is 53.0 Å². The van der Waals surface area contributed by atoms with Crippen molar-refractivity contribution in [2.24, 2.45) is 0 Å². The van der Waals surface area contributed by atoms with Crippen LogP contribution in [0.5, 0.6) is 11.5 Å². The number of nitrogens with one attached hydrogen (secondary N) is 1. The summed E-state index contributed by atoms with van der Waals surface area (Å²) in [4.78, 5) is 0. The van der Waals surface area contributed by atoms with Crippen LogP contribution in [0.1, 0.15) is 18.4 Å². The Balaban J connectivity index is 1.67. The molecular weight excluding hydrogens is 302 g/mol. The SMILES string of the molecule is Brc1cc(Oc2ccccc2)ccc1CNC1CC1. The van der Waals surface area contributed by atoms with Gasteiger partial charge in [-0.1, -0.05) is 40.2 Å². The zero-order valence-corrected chi connectivity index (χ0v) is 12.2. The second-order valence-corrected chi connectivity index (χ2v) is 5.68. The van der Waals surface area contributed by atoms with Crippen molar-refractivity contribution in [2.45, 2.75) is 25.4 Å². The monoisotopic (exact) mass is 317 g/mol. The molecule has 0 radical (unpaired) electrons. The molecule has 0 aliphatic heterocycles. The normalized spacial score (nSPS) is 14.4. The molecule has 1 aliphatic carbocycles. The maximum atomic E-state index is 5.80. The van der Waals surface area contributed by atoms with Gasteiger partial charge in [-0.15, -0.1) is 0 Å². The molecule has 0 unspecified atom stereocenters. The zero-order chi connectivity index (χ0) is 13.1. The van der Waals surface area contributed by atoms with Gasteiger partial charge in [-0.05, 0) is 42.7 Å². The van der Waals surface area contributed by atoms with Crippen LogP contribution in [0.25, 0.3) is 0 Å². The van der Waals surface area contributed by atoms with Crippen molar-refractivity contribution >= 4 is 15.9 Å². The van der Waals surface area contributed by atoms with Crippen LogP contribution in [0.4, 0.5) is 0 Å². The van der Waals surface area contributed by atoms with E-state index in [4.69, 9.17) is 4.74 Å². The first-order chi connectivity index (χ1) is 9.31. The second kappa shape index (κ2) is 5.76. The van der Waals surface area contributed by atoms with Gasteiger partial charge in [-0.25, -0.2) is 0 Å². The fourth-order valence-corrected chi connectivity index (χ4v) is 2.40. The summed E-state index contributed by atoms with van der Waals surface area (Å²) in [6.07, 6.45) is 2.62. The molecule has 0 amide bonds. The summed E-state index contributed by atoms with van der Waals surface area (Å²) in [6, 6.07) is 16.7. The molecule has 19 heavy (non-hydrogen) atoms. The van der Waals surface area contributed by atoms with Crippen molar-refractivity contribution in [1.29, 1.82) is 0 Å². The van der Waals surface area contributed by atoms with E-state index in [0.29, 0.717) is 0 Å². The van der Waals surface area contributed by atoms with Crippen molar-refractivity contribution in [2.75, 3.05) is 0 Å². The van der Waals surface area contributed by atoms with E-state index in [-0.39, 0.29) is 0 Å². The number of rotatable bonds is 5. The molecule has 1 fully saturated rings. The highest BCUT2D eigenvalue weighted by Gasteiger charge is 2.20. The highest BCUT2D eigenvalue weighted by Crippen LogP contribution is 2.28. The summed E-state index contributed by atoms with van der Waals surface area (Å²) < 4.78 is 6.89. The first-order valence-corrected chi connectivity index (χ1v) is 7.35. The molecule has 2 aromatic rings. The Labute approximate surface area is 121 Å². The van der Waals surface area contributed by atoms with Crippen LogP contribution >= 0.6 is 15.9 Å². The number of ether oxygens (including phenoxy) is 1. The molecule has 3 heteroatoms. The van der Waals surface area contributed by atoms with Gasteiger partial charge >= 0.3 is 0 Å². The van der Waals surface area contributed by atoms with Crippen LogP contribution in [-0.2, 0) is 6.54 Å².